The van der Waals surface area contributed by atoms with Crippen molar-refractivity contribution in [1.29, 1.82) is 0 Å². The monoisotopic (exact) mass is 503 g/mol. The highest BCUT2D eigenvalue weighted by Crippen LogP contribution is 2.42. The summed E-state index contributed by atoms with van der Waals surface area (Å²) in [5.74, 6) is -0.417. The van der Waals surface area contributed by atoms with E-state index in [1.807, 2.05) is 6.07 Å². The van der Waals surface area contributed by atoms with Crippen LogP contribution < -0.4 is 10.1 Å². The third-order valence-corrected chi connectivity index (χ3v) is 6.79. The number of halogens is 3. The molecule has 1 unspecified atom stereocenters. The number of hydrogen-bond donors (Lipinski definition) is 3. The van der Waals surface area contributed by atoms with Crippen LogP contribution in [0.4, 0.5) is 19.0 Å². The highest BCUT2D eigenvalue weighted by atomic mass is 19.4. The van der Waals surface area contributed by atoms with E-state index in [9.17, 15) is 28.2 Å². The molecule has 2 aromatic carbocycles. The lowest BCUT2D eigenvalue weighted by Gasteiger charge is -2.32. The van der Waals surface area contributed by atoms with Crippen molar-refractivity contribution in [3.8, 4) is 5.75 Å². The molecule has 0 saturated heterocycles. The molecule has 7 nitrogen and oxygen atoms in total. The lowest BCUT2D eigenvalue weighted by molar-refractivity contribution is -0.144. The molecule has 1 aliphatic carbocycles. The number of carboxylic acid groups (broad SMARTS) is 1. The first-order valence-electron chi connectivity index (χ1n) is 11.7. The first kappa shape index (κ1) is 25.7. The minimum Gasteiger partial charge on any atom is -0.496 e. The number of hydrogen-bond acceptors (Lipinski definition) is 6. The van der Waals surface area contributed by atoms with Crippen LogP contribution in [0.5, 0.6) is 5.75 Å². The van der Waals surface area contributed by atoms with Gasteiger partial charge < -0.3 is 20.3 Å². The molecule has 1 aliphatic rings. The molecule has 1 aromatic heterocycles. The number of fused-ring (bicyclic) bond motifs is 1. The van der Waals surface area contributed by atoms with E-state index in [0.29, 0.717) is 52.3 Å². The van der Waals surface area contributed by atoms with E-state index in [1.54, 1.807) is 26.0 Å². The first-order valence-corrected chi connectivity index (χ1v) is 11.7. The lowest BCUT2D eigenvalue weighted by Crippen LogP contribution is -2.31. The maximum Gasteiger partial charge on any atom is 0.416 e. The van der Waals surface area contributed by atoms with Gasteiger partial charge in [-0.15, -0.1) is 0 Å². The van der Waals surface area contributed by atoms with Gasteiger partial charge in [0.25, 0.3) is 0 Å². The zero-order chi connectivity index (χ0) is 26.2. The van der Waals surface area contributed by atoms with Crippen molar-refractivity contribution < 1.29 is 32.9 Å². The number of ether oxygens (including phenoxy) is 1. The van der Waals surface area contributed by atoms with Gasteiger partial charge in [0, 0.05) is 29.0 Å². The van der Waals surface area contributed by atoms with Crippen LogP contribution in [0.1, 0.15) is 60.7 Å². The molecular formula is C26H28F3N3O4. The van der Waals surface area contributed by atoms with Crippen LogP contribution in [0.25, 0.3) is 10.9 Å². The number of rotatable bonds is 6. The van der Waals surface area contributed by atoms with Crippen LogP contribution in [0, 0.1) is 12.8 Å². The predicted molar refractivity (Wildman–Crippen MR) is 128 cm³/mol. The number of aliphatic hydroxyl groups excluding tert-OH is 1. The van der Waals surface area contributed by atoms with Crippen molar-refractivity contribution in [2.24, 2.45) is 5.92 Å². The Morgan fingerprint density at radius 1 is 1.19 bits per heavy atom. The summed E-state index contributed by atoms with van der Waals surface area (Å²) in [5.41, 5.74) is 1.01. The second-order valence-corrected chi connectivity index (χ2v) is 9.24. The van der Waals surface area contributed by atoms with Crippen molar-refractivity contribution in [1.82, 2.24) is 9.97 Å². The number of nitrogens with zero attached hydrogens (tertiary/aromatic N) is 2. The van der Waals surface area contributed by atoms with E-state index in [2.05, 4.69) is 15.3 Å². The largest absolute Gasteiger partial charge is 0.496 e. The van der Waals surface area contributed by atoms with Crippen LogP contribution in [-0.4, -0.2) is 39.4 Å². The van der Waals surface area contributed by atoms with E-state index >= 15 is 0 Å². The quantitative estimate of drug-likeness (QED) is 0.410. The zero-order valence-corrected chi connectivity index (χ0v) is 20.1. The Hall–Kier alpha value is -3.40. The Kier molecular flexibility index (Phi) is 7.08. The summed E-state index contributed by atoms with van der Waals surface area (Å²) < 4.78 is 45.2. The lowest BCUT2D eigenvalue weighted by atomic mass is 9.76. The Labute approximate surface area is 206 Å². The topological polar surface area (TPSA) is 105 Å². The number of methoxy groups -OCH3 is 1. The normalized spacial score (nSPS) is 21.2. The second-order valence-electron chi connectivity index (χ2n) is 9.24. The molecule has 1 saturated carbocycles. The van der Waals surface area contributed by atoms with Gasteiger partial charge in [-0.05, 0) is 56.9 Å². The number of anilines is 1. The highest BCUT2D eigenvalue weighted by Gasteiger charge is 2.35. The van der Waals surface area contributed by atoms with Crippen LogP contribution in [-0.2, 0) is 11.0 Å². The van der Waals surface area contributed by atoms with Crippen LogP contribution in [0.3, 0.4) is 0 Å². The molecule has 0 radical (unpaired) electrons. The number of aromatic nitrogens is 2. The fourth-order valence-corrected chi connectivity index (χ4v) is 4.87. The van der Waals surface area contributed by atoms with Crippen molar-refractivity contribution in [2.45, 2.75) is 57.3 Å². The Bertz CT molecular complexity index is 1280. The maximum atomic E-state index is 13.2. The molecule has 1 heterocycles. The van der Waals surface area contributed by atoms with Gasteiger partial charge in [0.1, 0.15) is 17.4 Å². The molecule has 192 valence electrons. The third-order valence-electron chi connectivity index (χ3n) is 6.79. The minimum absolute atomic E-state index is 0.142. The number of nitrogens with one attached hydrogen (secondary N) is 1. The SMILES string of the molecule is COc1cc2nc(C)nc(N[C@H](C)c3cccc(C(F)(F)F)c3)c2cc1[C@H]1CC[C@H](C(=O)O)CC1O. The number of aliphatic carboxylic acids is 1. The van der Waals surface area contributed by atoms with Crippen molar-refractivity contribution in [2.75, 3.05) is 12.4 Å². The molecule has 0 amide bonds. The highest BCUT2D eigenvalue weighted by molar-refractivity contribution is 5.91. The van der Waals surface area contributed by atoms with Crippen molar-refractivity contribution >= 4 is 22.7 Å². The van der Waals surface area contributed by atoms with Gasteiger partial charge in [-0.25, -0.2) is 9.97 Å². The van der Waals surface area contributed by atoms with Gasteiger partial charge in [-0.2, -0.15) is 13.2 Å². The summed E-state index contributed by atoms with van der Waals surface area (Å²) in [5, 5.41) is 24.0. The zero-order valence-electron chi connectivity index (χ0n) is 20.1. The Morgan fingerprint density at radius 3 is 2.58 bits per heavy atom. The molecule has 4 atom stereocenters. The summed E-state index contributed by atoms with van der Waals surface area (Å²) in [6, 6.07) is 8.21. The van der Waals surface area contributed by atoms with Gasteiger partial charge in [0.2, 0.25) is 0 Å². The Balaban J connectivity index is 1.72. The standard InChI is InChI=1S/C26H28F3N3O4/c1-13(15-5-4-6-17(9-15)26(27,28)29)30-24-20-11-19(18-8-7-16(25(34)35)10-22(18)33)23(36-3)12-21(20)31-14(2)32-24/h4-6,9,11-13,16,18,22,33H,7-8,10H2,1-3H3,(H,34,35)(H,30,31,32)/t13-,16+,18-,22?/m1/s1. The van der Waals surface area contributed by atoms with Crippen LogP contribution >= 0.6 is 0 Å². The average molecular weight is 504 g/mol. The van der Waals surface area contributed by atoms with E-state index in [4.69, 9.17) is 4.74 Å². The summed E-state index contributed by atoms with van der Waals surface area (Å²) in [6.45, 7) is 3.47. The van der Waals surface area contributed by atoms with Gasteiger partial charge in [-0.1, -0.05) is 12.1 Å². The molecule has 0 bridgehead atoms. The molecule has 1 fully saturated rings. The molecule has 4 rings (SSSR count). The first-order chi connectivity index (χ1) is 17.0. The molecule has 3 N–H and O–H groups in total. The van der Waals surface area contributed by atoms with Crippen molar-refractivity contribution in [3.05, 3.63) is 58.9 Å². The molecule has 3 aromatic rings. The molecular weight excluding hydrogens is 475 g/mol. The molecule has 10 heteroatoms. The summed E-state index contributed by atoms with van der Waals surface area (Å²) >= 11 is 0. The van der Waals surface area contributed by atoms with Gasteiger partial charge in [0.05, 0.1) is 30.2 Å². The average Bonchev–Trinajstić information content (AvgIpc) is 2.82. The molecule has 36 heavy (non-hydrogen) atoms. The number of carboxylic acids is 1. The van der Waals surface area contributed by atoms with Gasteiger partial charge in [0.15, 0.2) is 0 Å². The number of benzene rings is 2. The Morgan fingerprint density at radius 2 is 1.94 bits per heavy atom. The predicted octanol–water partition coefficient (Wildman–Crippen LogP) is 5.47. The maximum absolute atomic E-state index is 13.2. The van der Waals surface area contributed by atoms with Gasteiger partial charge >= 0.3 is 12.1 Å². The summed E-state index contributed by atoms with van der Waals surface area (Å²) in [6.07, 6.45) is -4.27. The van der Waals surface area contributed by atoms with Gasteiger partial charge in [-0.3, -0.25) is 4.79 Å². The fraction of sp³-hybridized carbons (Fsp3) is 0.423. The third kappa shape index (κ3) is 5.23. The number of alkyl halides is 3. The summed E-state index contributed by atoms with van der Waals surface area (Å²) in [4.78, 5) is 20.4. The van der Waals surface area contributed by atoms with E-state index in [1.165, 1.54) is 13.2 Å². The van der Waals surface area contributed by atoms with Crippen molar-refractivity contribution in [3.63, 3.8) is 0 Å². The van der Waals surface area contributed by atoms with E-state index in [0.717, 1.165) is 12.1 Å². The molecule has 0 spiro atoms. The fourth-order valence-electron chi connectivity index (χ4n) is 4.87. The minimum atomic E-state index is -4.44. The number of aryl methyl sites for hydroxylation is 1. The molecule has 0 aliphatic heterocycles. The smallest absolute Gasteiger partial charge is 0.416 e. The van der Waals surface area contributed by atoms with E-state index in [-0.39, 0.29) is 12.3 Å². The van der Waals surface area contributed by atoms with Crippen LogP contribution in [0.2, 0.25) is 0 Å². The van der Waals surface area contributed by atoms with E-state index < -0.39 is 35.8 Å². The number of carbonyl (C=O) groups is 1. The van der Waals surface area contributed by atoms with Crippen LogP contribution in [0.15, 0.2) is 36.4 Å². The second kappa shape index (κ2) is 9.93. The summed E-state index contributed by atoms with van der Waals surface area (Å²) in [7, 11) is 1.52. The number of aliphatic hydroxyl groups is 1.